The van der Waals surface area contributed by atoms with Crippen molar-refractivity contribution in [3.63, 3.8) is 0 Å². The second-order valence-electron chi connectivity index (χ2n) is 3.66. The molecule has 7 heteroatoms. The number of rotatable bonds is 5. The number of hydrogen-bond donors (Lipinski definition) is 1. The van der Waals surface area contributed by atoms with Crippen molar-refractivity contribution in [3.05, 3.63) is 0 Å². The van der Waals surface area contributed by atoms with Crippen LogP contribution in [-0.2, 0) is 16.1 Å². The van der Waals surface area contributed by atoms with E-state index in [0.29, 0.717) is 13.1 Å². The summed E-state index contributed by atoms with van der Waals surface area (Å²) in [6.07, 6.45) is 1.72. The molecule has 6 nitrogen and oxygen atoms in total. The number of amides is 1. The van der Waals surface area contributed by atoms with Crippen LogP contribution in [0.5, 0.6) is 0 Å². The Bertz CT molecular complexity index is 262. The number of carbonyl (C=O) groups is 1. The van der Waals surface area contributed by atoms with Crippen molar-refractivity contribution in [2.24, 2.45) is 5.73 Å². The molecule has 0 aromatic carbocycles. The Labute approximate surface area is 91.8 Å². The van der Waals surface area contributed by atoms with Crippen LogP contribution >= 0.6 is 0 Å². The largest absolute Gasteiger partial charge is 0.760 e. The monoisotopic (exact) mass is 234 g/mol. The predicted molar refractivity (Wildman–Crippen MR) is 55.3 cm³/mol. The summed E-state index contributed by atoms with van der Waals surface area (Å²) in [6, 6.07) is -0.224. The summed E-state index contributed by atoms with van der Waals surface area (Å²) in [5.41, 5.74) is 5.24. The van der Waals surface area contributed by atoms with Gasteiger partial charge in [-0.3, -0.25) is 13.9 Å². The molecule has 0 bridgehead atoms. The Balaban J connectivity index is 2.38. The zero-order valence-corrected chi connectivity index (χ0v) is 9.53. The molecule has 1 aliphatic heterocycles. The zero-order chi connectivity index (χ0) is 11.4. The van der Waals surface area contributed by atoms with E-state index in [2.05, 4.69) is 0 Å². The van der Waals surface area contributed by atoms with Gasteiger partial charge in [0, 0.05) is 24.4 Å². The molecule has 1 amide bonds. The molecule has 2 unspecified atom stereocenters. The van der Waals surface area contributed by atoms with Gasteiger partial charge in [0.25, 0.3) is 0 Å². The molecule has 1 aliphatic rings. The Morgan fingerprint density at radius 2 is 2.40 bits per heavy atom. The molecule has 15 heavy (non-hydrogen) atoms. The normalized spacial score (nSPS) is 24.6. The number of nitrogens with zero attached hydrogens (tertiary/aromatic N) is 2. The first-order chi connectivity index (χ1) is 7.02. The Morgan fingerprint density at radius 3 is 2.93 bits per heavy atom. The highest BCUT2D eigenvalue weighted by atomic mass is 32.2. The van der Waals surface area contributed by atoms with E-state index in [4.69, 9.17) is 5.73 Å². The first kappa shape index (κ1) is 12.6. The highest BCUT2D eigenvalue weighted by molar-refractivity contribution is 7.76. The third-order valence-corrected chi connectivity index (χ3v) is 3.34. The lowest BCUT2D eigenvalue weighted by atomic mass is 10.2. The smallest absolute Gasteiger partial charge is 0.234 e. The van der Waals surface area contributed by atoms with E-state index in [9.17, 15) is 13.6 Å². The van der Waals surface area contributed by atoms with E-state index in [0.717, 1.165) is 19.4 Å². The van der Waals surface area contributed by atoms with Gasteiger partial charge in [-0.25, -0.2) is 4.31 Å². The lowest BCUT2D eigenvalue weighted by Crippen LogP contribution is -2.43. The molecule has 0 radical (unpaired) electrons. The molecule has 0 aromatic rings. The van der Waals surface area contributed by atoms with Crippen LogP contribution in [0.3, 0.4) is 0 Å². The van der Waals surface area contributed by atoms with Crippen LogP contribution in [0, 0.1) is 0 Å². The van der Waals surface area contributed by atoms with Crippen molar-refractivity contribution in [1.29, 1.82) is 0 Å². The summed E-state index contributed by atoms with van der Waals surface area (Å²) >= 11 is -2.19. The summed E-state index contributed by atoms with van der Waals surface area (Å²) in [6.45, 7) is 1.75. The van der Waals surface area contributed by atoms with Crippen molar-refractivity contribution in [2.45, 2.75) is 18.9 Å². The van der Waals surface area contributed by atoms with Crippen LogP contribution in [0.25, 0.3) is 0 Å². The number of carbonyl (C=O) groups excluding carboxylic acids is 1. The Morgan fingerprint density at radius 1 is 1.73 bits per heavy atom. The first-order valence-corrected chi connectivity index (χ1v) is 5.89. The van der Waals surface area contributed by atoms with Crippen molar-refractivity contribution in [3.8, 4) is 0 Å². The molecule has 0 aromatic heterocycles. The van der Waals surface area contributed by atoms with Crippen LogP contribution in [0.2, 0.25) is 0 Å². The average molecular weight is 234 g/mol. The molecule has 88 valence electrons. The van der Waals surface area contributed by atoms with E-state index in [1.54, 1.807) is 0 Å². The zero-order valence-electron chi connectivity index (χ0n) is 8.72. The minimum atomic E-state index is -2.19. The topological polar surface area (TPSA) is 89.7 Å². The molecule has 0 spiro atoms. The SMILES string of the molecule is CN(CCN1CCCC1C(N)=O)S(=O)[O-]. The fourth-order valence-electron chi connectivity index (χ4n) is 1.76. The van der Waals surface area contributed by atoms with Crippen molar-refractivity contribution in [1.82, 2.24) is 9.21 Å². The van der Waals surface area contributed by atoms with Crippen molar-refractivity contribution >= 4 is 17.2 Å². The van der Waals surface area contributed by atoms with E-state index < -0.39 is 11.3 Å². The Hall–Kier alpha value is -0.500. The quantitative estimate of drug-likeness (QED) is 0.596. The summed E-state index contributed by atoms with van der Waals surface area (Å²) < 4.78 is 22.3. The molecule has 1 heterocycles. The minimum Gasteiger partial charge on any atom is -0.760 e. The second-order valence-corrected chi connectivity index (χ2v) is 4.72. The maximum absolute atomic E-state index is 11.0. The van der Waals surface area contributed by atoms with Crippen LogP contribution in [0.15, 0.2) is 0 Å². The lowest BCUT2D eigenvalue weighted by Gasteiger charge is -2.25. The number of likely N-dealkylation sites (N-methyl/N-ethyl adjacent to an activating group) is 1. The molecule has 0 saturated carbocycles. The molecule has 1 saturated heterocycles. The van der Waals surface area contributed by atoms with E-state index in [1.165, 1.54) is 11.4 Å². The summed E-state index contributed by atoms with van der Waals surface area (Å²) in [5.74, 6) is -0.321. The van der Waals surface area contributed by atoms with Gasteiger partial charge in [-0.2, -0.15) is 0 Å². The molecular weight excluding hydrogens is 218 g/mol. The molecule has 2 N–H and O–H groups in total. The van der Waals surface area contributed by atoms with Gasteiger partial charge >= 0.3 is 0 Å². The van der Waals surface area contributed by atoms with Crippen molar-refractivity contribution < 1.29 is 13.6 Å². The van der Waals surface area contributed by atoms with Gasteiger partial charge in [0.1, 0.15) is 0 Å². The van der Waals surface area contributed by atoms with Gasteiger partial charge in [0.05, 0.1) is 6.04 Å². The van der Waals surface area contributed by atoms with Gasteiger partial charge in [-0.1, -0.05) is 0 Å². The highest BCUT2D eigenvalue weighted by Crippen LogP contribution is 2.16. The average Bonchev–Trinajstić information content (AvgIpc) is 2.61. The van der Waals surface area contributed by atoms with E-state index in [-0.39, 0.29) is 11.9 Å². The van der Waals surface area contributed by atoms with Crippen LogP contribution in [0.1, 0.15) is 12.8 Å². The predicted octanol–water partition coefficient (Wildman–Crippen LogP) is -1.34. The summed E-state index contributed by atoms with van der Waals surface area (Å²) in [4.78, 5) is 13.0. The van der Waals surface area contributed by atoms with Crippen LogP contribution in [-0.4, -0.2) is 56.6 Å². The van der Waals surface area contributed by atoms with Gasteiger partial charge in [-0.15, -0.1) is 0 Å². The molecule has 0 aliphatic carbocycles. The third kappa shape index (κ3) is 3.53. The van der Waals surface area contributed by atoms with Gasteiger partial charge in [0.2, 0.25) is 5.91 Å². The molecular formula is C8H16N3O3S-. The number of likely N-dealkylation sites (tertiary alicyclic amines) is 1. The number of primary amides is 1. The third-order valence-electron chi connectivity index (χ3n) is 2.65. The first-order valence-electron chi connectivity index (χ1n) is 4.86. The summed E-state index contributed by atoms with van der Waals surface area (Å²) in [7, 11) is 1.50. The second kappa shape index (κ2) is 5.55. The van der Waals surface area contributed by atoms with Gasteiger partial charge < -0.3 is 10.3 Å². The van der Waals surface area contributed by atoms with E-state index in [1.807, 2.05) is 4.90 Å². The molecule has 1 fully saturated rings. The van der Waals surface area contributed by atoms with Gasteiger partial charge in [0.15, 0.2) is 0 Å². The molecule has 2 atom stereocenters. The van der Waals surface area contributed by atoms with Crippen LogP contribution < -0.4 is 5.73 Å². The minimum absolute atomic E-state index is 0.224. The van der Waals surface area contributed by atoms with Gasteiger partial charge in [-0.05, 0) is 26.4 Å². The van der Waals surface area contributed by atoms with Crippen LogP contribution in [0.4, 0.5) is 0 Å². The fourth-order valence-corrected chi connectivity index (χ4v) is 1.99. The maximum Gasteiger partial charge on any atom is 0.234 e. The fraction of sp³-hybridized carbons (Fsp3) is 0.875. The van der Waals surface area contributed by atoms with Crippen molar-refractivity contribution in [2.75, 3.05) is 26.7 Å². The highest BCUT2D eigenvalue weighted by Gasteiger charge is 2.28. The number of hydrogen-bond acceptors (Lipinski definition) is 4. The molecule has 1 rings (SSSR count). The lowest BCUT2D eigenvalue weighted by molar-refractivity contribution is -0.122. The summed E-state index contributed by atoms with van der Waals surface area (Å²) in [5, 5.41) is 0. The van der Waals surface area contributed by atoms with E-state index >= 15 is 0 Å². The number of nitrogens with two attached hydrogens (primary N) is 1. The maximum atomic E-state index is 11.0. The standard InChI is InChI=1S/C8H17N3O3S/c1-10(15(13)14)5-6-11-4-2-3-7(11)8(9)12/h7H,2-6H2,1H3,(H2,9,12)(H,13,14)/p-1. The Kier molecular flexibility index (Phi) is 4.65.